The van der Waals surface area contributed by atoms with Crippen LogP contribution in [-0.2, 0) is 4.79 Å². The molecule has 2 saturated heterocycles. The van der Waals surface area contributed by atoms with Crippen LogP contribution in [0.15, 0.2) is 0 Å². The quantitative estimate of drug-likeness (QED) is 0.633. The molecule has 1 atom stereocenters. The molecule has 0 saturated carbocycles. The molecule has 3 heteroatoms. The highest BCUT2D eigenvalue weighted by Crippen LogP contribution is 2.20. The lowest BCUT2D eigenvalue weighted by atomic mass is 9.87. The second-order valence-corrected chi connectivity index (χ2v) is 3.89. The molecule has 1 amide bonds. The minimum Gasteiger partial charge on any atom is -0.342 e. The van der Waals surface area contributed by atoms with Gasteiger partial charge in [0.25, 0.3) is 0 Å². The fourth-order valence-electron chi connectivity index (χ4n) is 1.69. The number of hydrogen-bond acceptors (Lipinski definition) is 2. The molecular weight excluding hydrogens is 152 g/mol. The van der Waals surface area contributed by atoms with E-state index in [0.29, 0.717) is 11.8 Å². The number of amides is 1. The molecular formula is C9H16N2O. The van der Waals surface area contributed by atoms with E-state index >= 15 is 0 Å². The standard InChI is InChI=1S/C9H16N2O/c1-7(8-5-10-6-8)9(12)11-3-2-4-11/h7-8,10H,2-6H2,1H3/t7-/m0/s1. The number of likely N-dealkylation sites (tertiary alicyclic amines) is 1. The van der Waals surface area contributed by atoms with E-state index in [0.717, 1.165) is 26.2 Å². The van der Waals surface area contributed by atoms with Crippen molar-refractivity contribution in [3.8, 4) is 0 Å². The molecule has 0 bridgehead atoms. The topological polar surface area (TPSA) is 32.3 Å². The van der Waals surface area contributed by atoms with Gasteiger partial charge in [-0.15, -0.1) is 0 Å². The minimum atomic E-state index is 0.242. The van der Waals surface area contributed by atoms with Gasteiger partial charge >= 0.3 is 0 Å². The van der Waals surface area contributed by atoms with Crippen molar-refractivity contribution >= 4 is 5.91 Å². The van der Waals surface area contributed by atoms with Crippen LogP contribution in [0.5, 0.6) is 0 Å². The van der Waals surface area contributed by atoms with Gasteiger partial charge in [0.05, 0.1) is 0 Å². The highest BCUT2D eigenvalue weighted by atomic mass is 16.2. The van der Waals surface area contributed by atoms with Crippen LogP contribution >= 0.6 is 0 Å². The van der Waals surface area contributed by atoms with Gasteiger partial charge in [-0.25, -0.2) is 0 Å². The van der Waals surface area contributed by atoms with Crippen LogP contribution in [0.1, 0.15) is 13.3 Å². The van der Waals surface area contributed by atoms with Gasteiger partial charge in [0, 0.05) is 19.0 Å². The SMILES string of the molecule is C[C@H](C(=O)N1CCC1)C1CNC1. The summed E-state index contributed by atoms with van der Waals surface area (Å²) in [5, 5.41) is 3.20. The summed E-state index contributed by atoms with van der Waals surface area (Å²) in [5.41, 5.74) is 0. The van der Waals surface area contributed by atoms with E-state index in [1.165, 1.54) is 6.42 Å². The Bertz CT molecular complexity index is 185. The molecule has 2 aliphatic heterocycles. The number of nitrogens with zero attached hydrogens (tertiary/aromatic N) is 1. The first kappa shape index (κ1) is 8.05. The van der Waals surface area contributed by atoms with Crippen LogP contribution in [0.3, 0.4) is 0 Å². The minimum absolute atomic E-state index is 0.242. The second-order valence-electron chi connectivity index (χ2n) is 3.89. The Hall–Kier alpha value is -0.570. The lowest BCUT2D eigenvalue weighted by Gasteiger charge is -2.38. The fraction of sp³-hybridized carbons (Fsp3) is 0.889. The summed E-state index contributed by atoms with van der Waals surface area (Å²) >= 11 is 0. The third-order valence-corrected chi connectivity index (χ3v) is 3.08. The molecule has 1 N–H and O–H groups in total. The molecule has 0 aromatic rings. The number of carbonyl (C=O) groups excluding carboxylic acids is 1. The Kier molecular flexibility index (Phi) is 2.05. The van der Waals surface area contributed by atoms with Crippen LogP contribution < -0.4 is 5.32 Å². The van der Waals surface area contributed by atoms with Gasteiger partial charge in [-0.3, -0.25) is 4.79 Å². The van der Waals surface area contributed by atoms with Gasteiger partial charge in [0.15, 0.2) is 0 Å². The lowest BCUT2D eigenvalue weighted by molar-refractivity contribution is -0.140. The molecule has 12 heavy (non-hydrogen) atoms. The summed E-state index contributed by atoms with van der Waals surface area (Å²) in [6.45, 7) is 6.10. The molecule has 0 aromatic carbocycles. The summed E-state index contributed by atoms with van der Waals surface area (Å²) in [7, 11) is 0. The van der Waals surface area contributed by atoms with Crippen molar-refractivity contribution in [3.05, 3.63) is 0 Å². The number of rotatable bonds is 2. The number of hydrogen-bond donors (Lipinski definition) is 1. The van der Waals surface area contributed by atoms with E-state index in [2.05, 4.69) is 12.2 Å². The van der Waals surface area contributed by atoms with Gasteiger partial charge in [-0.05, 0) is 25.4 Å². The molecule has 0 radical (unpaired) electrons. The summed E-state index contributed by atoms with van der Waals surface area (Å²) in [4.78, 5) is 13.6. The Morgan fingerprint density at radius 2 is 2.17 bits per heavy atom. The van der Waals surface area contributed by atoms with Gasteiger partial charge in [-0.1, -0.05) is 6.92 Å². The molecule has 0 aliphatic carbocycles. The van der Waals surface area contributed by atoms with Crippen molar-refractivity contribution in [2.75, 3.05) is 26.2 Å². The molecule has 0 aromatic heterocycles. The van der Waals surface area contributed by atoms with E-state index in [1.807, 2.05) is 4.90 Å². The van der Waals surface area contributed by atoms with E-state index < -0.39 is 0 Å². The maximum absolute atomic E-state index is 11.7. The monoisotopic (exact) mass is 168 g/mol. The maximum atomic E-state index is 11.7. The third kappa shape index (κ3) is 1.22. The zero-order valence-electron chi connectivity index (χ0n) is 7.55. The molecule has 2 heterocycles. The Balaban J connectivity index is 1.84. The summed E-state index contributed by atoms with van der Waals surface area (Å²) < 4.78 is 0. The average molecular weight is 168 g/mol. The highest BCUT2D eigenvalue weighted by Gasteiger charge is 2.33. The second kappa shape index (κ2) is 3.05. The lowest BCUT2D eigenvalue weighted by Crippen LogP contribution is -2.53. The van der Waals surface area contributed by atoms with Crippen LogP contribution in [0.25, 0.3) is 0 Å². The molecule has 2 aliphatic rings. The zero-order valence-corrected chi connectivity index (χ0v) is 7.55. The predicted molar refractivity (Wildman–Crippen MR) is 46.7 cm³/mol. The maximum Gasteiger partial charge on any atom is 0.225 e. The van der Waals surface area contributed by atoms with Crippen molar-refractivity contribution < 1.29 is 4.79 Å². The van der Waals surface area contributed by atoms with Crippen molar-refractivity contribution in [2.24, 2.45) is 11.8 Å². The van der Waals surface area contributed by atoms with Crippen LogP contribution in [-0.4, -0.2) is 37.0 Å². The van der Waals surface area contributed by atoms with Gasteiger partial charge in [-0.2, -0.15) is 0 Å². The smallest absolute Gasteiger partial charge is 0.225 e. The van der Waals surface area contributed by atoms with Crippen LogP contribution in [0, 0.1) is 11.8 Å². The van der Waals surface area contributed by atoms with Gasteiger partial charge in [0.1, 0.15) is 0 Å². The van der Waals surface area contributed by atoms with E-state index in [1.54, 1.807) is 0 Å². The first-order valence-electron chi connectivity index (χ1n) is 4.78. The summed E-state index contributed by atoms with van der Waals surface area (Å²) in [6, 6.07) is 0. The van der Waals surface area contributed by atoms with Gasteiger partial charge in [0.2, 0.25) is 5.91 Å². The first-order chi connectivity index (χ1) is 5.79. The summed E-state index contributed by atoms with van der Waals surface area (Å²) in [6.07, 6.45) is 1.20. The number of carbonyl (C=O) groups is 1. The molecule has 0 spiro atoms. The van der Waals surface area contributed by atoms with Crippen LogP contribution in [0.4, 0.5) is 0 Å². The van der Waals surface area contributed by atoms with E-state index in [4.69, 9.17) is 0 Å². The van der Waals surface area contributed by atoms with Crippen LogP contribution in [0.2, 0.25) is 0 Å². The van der Waals surface area contributed by atoms with E-state index in [-0.39, 0.29) is 5.92 Å². The fourth-order valence-corrected chi connectivity index (χ4v) is 1.69. The van der Waals surface area contributed by atoms with Crippen molar-refractivity contribution in [3.63, 3.8) is 0 Å². The third-order valence-electron chi connectivity index (χ3n) is 3.08. The Morgan fingerprint density at radius 1 is 1.50 bits per heavy atom. The molecule has 3 nitrogen and oxygen atoms in total. The largest absolute Gasteiger partial charge is 0.342 e. The van der Waals surface area contributed by atoms with Gasteiger partial charge < -0.3 is 10.2 Å². The van der Waals surface area contributed by atoms with E-state index in [9.17, 15) is 4.79 Å². The van der Waals surface area contributed by atoms with Crippen molar-refractivity contribution in [1.29, 1.82) is 0 Å². The highest BCUT2D eigenvalue weighted by molar-refractivity contribution is 5.79. The first-order valence-corrected chi connectivity index (χ1v) is 4.78. The Labute approximate surface area is 73.1 Å². The molecule has 2 fully saturated rings. The van der Waals surface area contributed by atoms with Crippen molar-refractivity contribution in [2.45, 2.75) is 13.3 Å². The Morgan fingerprint density at radius 3 is 2.50 bits per heavy atom. The molecule has 2 rings (SSSR count). The summed E-state index contributed by atoms with van der Waals surface area (Å²) in [5.74, 6) is 1.21. The predicted octanol–water partition coefficient (Wildman–Crippen LogP) is 0.0742. The number of nitrogens with one attached hydrogen (secondary N) is 1. The normalized spacial score (nSPS) is 25.9. The average Bonchev–Trinajstić information content (AvgIpc) is 1.79. The molecule has 0 unspecified atom stereocenters. The molecule has 68 valence electrons. The zero-order chi connectivity index (χ0) is 8.55. The van der Waals surface area contributed by atoms with Crippen molar-refractivity contribution in [1.82, 2.24) is 10.2 Å².